The van der Waals surface area contributed by atoms with E-state index in [4.69, 9.17) is 11.0 Å². The molecule has 0 unspecified atom stereocenters. The molecule has 1 rings (SSSR count). The highest BCUT2D eigenvalue weighted by Crippen LogP contribution is 2.06. The van der Waals surface area contributed by atoms with Gasteiger partial charge in [-0.05, 0) is 26.0 Å². The first kappa shape index (κ1) is 10.5. The Hall–Kier alpha value is -1.60. The lowest BCUT2D eigenvalue weighted by Gasteiger charge is -2.19. The number of nitriles is 1. The quantitative estimate of drug-likeness (QED) is 0.748. The van der Waals surface area contributed by atoms with Crippen molar-refractivity contribution in [3.63, 3.8) is 0 Å². The molecule has 14 heavy (non-hydrogen) atoms. The molecule has 0 spiro atoms. The van der Waals surface area contributed by atoms with Crippen LogP contribution in [0.4, 0.5) is 5.82 Å². The third kappa shape index (κ3) is 3.42. The monoisotopic (exact) mass is 190 g/mol. The van der Waals surface area contributed by atoms with Crippen LogP contribution in [0.2, 0.25) is 0 Å². The summed E-state index contributed by atoms with van der Waals surface area (Å²) in [4.78, 5) is 4.07. The van der Waals surface area contributed by atoms with Crippen LogP contribution in [0.15, 0.2) is 18.3 Å². The summed E-state index contributed by atoms with van der Waals surface area (Å²) < 4.78 is 0. The lowest BCUT2D eigenvalue weighted by molar-refractivity contribution is 0.548. The van der Waals surface area contributed by atoms with Gasteiger partial charge in [-0.1, -0.05) is 0 Å². The van der Waals surface area contributed by atoms with Crippen LogP contribution in [0.5, 0.6) is 0 Å². The van der Waals surface area contributed by atoms with Gasteiger partial charge in [0.25, 0.3) is 0 Å². The minimum Gasteiger partial charge on any atom is -0.368 e. The van der Waals surface area contributed by atoms with E-state index in [-0.39, 0.29) is 5.54 Å². The molecule has 0 aliphatic rings. The second-order valence-corrected chi connectivity index (χ2v) is 3.88. The van der Waals surface area contributed by atoms with Gasteiger partial charge >= 0.3 is 0 Å². The number of rotatable bonds is 3. The Balaban J connectivity index is 2.65. The highest BCUT2D eigenvalue weighted by molar-refractivity contribution is 5.42. The van der Waals surface area contributed by atoms with E-state index in [0.717, 1.165) is 0 Å². The van der Waals surface area contributed by atoms with Crippen LogP contribution in [0.3, 0.4) is 0 Å². The van der Waals surface area contributed by atoms with E-state index >= 15 is 0 Å². The minimum absolute atomic E-state index is 0.287. The number of anilines is 1. The molecule has 74 valence electrons. The minimum atomic E-state index is -0.287. The Labute approximate surface area is 83.8 Å². The van der Waals surface area contributed by atoms with E-state index in [0.29, 0.717) is 17.9 Å². The molecule has 0 aliphatic carbocycles. The van der Waals surface area contributed by atoms with E-state index < -0.39 is 0 Å². The first-order valence-corrected chi connectivity index (χ1v) is 4.40. The van der Waals surface area contributed by atoms with Gasteiger partial charge in [0.1, 0.15) is 5.82 Å². The third-order valence-electron chi connectivity index (χ3n) is 1.61. The molecule has 0 atom stereocenters. The topological polar surface area (TPSA) is 74.7 Å². The van der Waals surface area contributed by atoms with Crippen molar-refractivity contribution >= 4 is 5.82 Å². The van der Waals surface area contributed by atoms with E-state index in [2.05, 4.69) is 16.4 Å². The first-order chi connectivity index (χ1) is 6.51. The Morgan fingerprint density at radius 2 is 2.36 bits per heavy atom. The maximum Gasteiger partial charge on any atom is 0.127 e. The summed E-state index contributed by atoms with van der Waals surface area (Å²) in [5.74, 6) is 0.683. The van der Waals surface area contributed by atoms with Gasteiger partial charge in [-0.15, -0.1) is 0 Å². The second kappa shape index (κ2) is 4.07. The van der Waals surface area contributed by atoms with Gasteiger partial charge in [0.05, 0.1) is 11.6 Å². The zero-order valence-corrected chi connectivity index (χ0v) is 8.41. The molecule has 4 heteroatoms. The summed E-state index contributed by atoms with van der Waals surface area (Å²) >= 11 is 0. The number of nitrogens with one attached hydrogen (secondary N) is 1. The average molecular weight is 190 g/mol. The average Bonchev–Trinajstić information content (AvgIpc) is 2.14. The molecule has 0 saturated carbocycles. The fourth-order valence-corrected chi connectivity index (χ4v) is 0.915. The van der Waals surface area contributed by atoms with Gasteiger partial charge in [-0.2, -0.15) is 5.26 Å². The van der Waals surface area contributed by atoms with E-state index in [1.165, 1.54) is 0 Å². The normalized spacial score (nSPS) is 10.7. The van der Waals surface area contributed by atoms with Gasteiger partial charge in [0.15, 0.2) is 0 Å². The summed E-state index contributed by atoms with van der Waals surface area (Å²) in [6.45, 7) is 4.47. The van der Waals surface area contributed by atoms with Crippen LogP contribution in [0, 0.1) is 11.3 Å². The third-order valence-corrected chi connectivity index (χ3v) is 1.61. The Bertz CT molecular complexity index is 346. The van der Waals surface area contributed by atoms with Crippen LogP contribution in [-0.2, 0) is 0 Å². The van der Waals surface area contributed by atoms with Crippen LogP contribution < -0.4 is 11.1 Å². The lowest BCUT2D eigenvalue weighted by Crippen LogP contribution is -2.39. The molecule has 1 aromatic rings. The fraction of sp³-hybridized carbons (Fsp3) is 0.400. The molecule has 0 fully saturated rings. The number of hydrogen-bond donors (Lipinski definition) is 2. The van der Waals surface area contributed by atoms with Crippen LogP contribution in [-0.4, -0.2) is 17.1 Å². The van der Waals surface area contributed by atoms with Crippen LogP contribution in [0.1, 0.15) is 19.4 Å². The van der Waals surface area contributed by atoms with Gasteiger partial charge in [-0.25, -0.2) is 4.98 Å². The van der Waals surface area contributed by atoms with Crippen molar-refractivity contribution in [2.45, 2.75) is 19.4 Å². The Kier molecular flexibility index (Phi) is 3.05. The molecule has 0 aliphatic heterocycles. The zero-order chi connectivity index (χ0) is 10.6. The molecule has 0 saturated heterocycles. The van der Waals surface area contributed by atoms with E-state index in [1.54, 1.807) is 18.3 Å². The smallest absolute Gasteiger partial charge is 0.127 e. The van der Waals surface area contributed by atoms with Crippen molar-refractivity contribution in [3.05, 3.63) is 23.9 Å². The van der Waals surface area contributed by atoms with Gasteiger partial charge in [0.2, 0.25) is 0 Å². The number of hydrogen-bond acceptors (Lipinski definition) is 4. The summed E-state index contributed by atoms with van der Waals surface area (Å²) in [6.07, 6.45) is 1.60. The predicted octanol–water partition coefficient (Wildman–Crippen LogP) is 1.10. The van der Waals surface area contributed by atoms with Crippen LogP contribution >= 0.6 is 0 Å². The largest absolute Gasteiger partial charge is 0.368 e. The van der Waals surface area contributed by atoms with Crippen molar-refractivity contribution < 1.29 is 0 Å². The lowest BCUT2D eigenvalue weighted by atomic mass is 10.1. The van der Waals surface area contributed by atoms with Gasteiger partial charge < -0.3 is 11.1 Å². The van der Waals surface area contributed by atoms with Gasteiger partial charge in [0, 0.05) is 18.3 Å². The molecule has 0 radical (unpaired) electrons. The highest BCUT2D eigenvalue weighted by atomic mass is 15.0. The molecule has 1 aromatic heterocycles. The molecule has 1 heterocycles. The van der Waals surface area contributed by atoms with E-state index in [1.807, 2.05) is 13.8 Å². The maximum atomic E-state index is 8.66. The van der Waals surface area contributed by atoms with E-state index in [9.17, 15) is 0 Å². The number of nitrogens with zero attached hydrogens (tertiary/aromatic N) is 2. The second-order valence-electron chi connectivity index (χ2n) is 3.88. The highest BCUT2D eigenvalue weighted by Gasteiger charge is 2.09. The molecule has 0 aromatic carbocycles. The summed E-state index contributed by atoms with van der Waals surface area (Å²) in [6, 6.07) is 5.42. The zero-order valence-electron chi connectivity index (χ0n) is 8.41. The van der Waals surface area contributed by atoms with Crippen molar-refractivity contribution in [2.75, 3.05) is 11.9 Å². The molecule has 0 amide bonds. The maximum absolute atomic E-state index is 8.66. The summed E-state index contributed by atoms with van der Waals surface area (Å²) in [7, 11) is 0. The standard InChI is InChI=1S/C10H14N4/c1-10(2,12)7-14-9-5-8(6-11)3-4-13-9/h3-5H,7,12H2,1-2H3,(H,13,14). The number of pyridine rings is 1. The molecule has 0 bridgehead atoms. The molecule has 3 N–H and O–H groups in total. The number of nitrogens with two attached hydrogens (primary N) is 1. The van der Waals surface area contributed by atoms with Gasteiger partial charge in [-0.3, -0.25) is 0 Å². The number of aromatic nitrogens is 1. The van der Waals surface area contributed by atoms with Crippen LogP contribution in [0.25, 0.3) is 0 Å². The van der Waals surface area contributed by atoms with Crippen molar-refractivity contribution in [2.24, 2.45) is 5.73 Å². The fourth-order valence-electron chi connectivity index (χ4n) is 0.915. The molecule has 4 nitrogen and oxygen atoms in total. The van der Waals surface area contributed by atoms with Crippen molar-refractivity contribution in [3.8, 4) is 6.07 Å². The first-order valence-electron chi connectivity index (χ1n) is 4.40. The van der Waals surface area contributed by atoms with Crippen molar-refractivity contribution in [1.29, 1.82) is 5.26 Å². The Morgan fingerprint density at radius 1 is 1.64 bits per heavy atom. The SMILES string of the molecule is CC(C)(N)CNc1cc(C#N)ccn1. The summed E-state index contributed by atoms with van der Waals surface area (Å²) in [5, 5.41) is 11.7. The predicted molar refractivity (Wildman–Crippen MR) is 55.7 cm³/mol. The summed E-state index contributed by atoms with van der Waals surface area (Å²) in [5.41, 5.74) is 6.11. The molecular weight excluding hydrogens is 176 g/mol. The Morgan fingerprint density at radius 3 is 2.93 bits per heavy atom. The molecular formula is C10H14N4. The van der Waals surface area contributed by atoms with Crippen molar-refractivity contribution in [1.82, 2.24) is 4.98 Å².